The number of hydrogen-bond acceptors (Lipinski definition) is 16. The van der Waals surface area contributed by atoms with Crippen molar-refractivity contribution in [1.29, 1.82) is 0 Å². The van der Waals surface area contributed by atoms with Gasteiger partial charge in [0.15, 0.2) is 46.1 Å². The van der Waals surface area contributed by atoms with Gasteiger partial charge in [0.2, 0.25) is 0 Å². The van der Waals surface area contributed by atoms with Crippen LogP contribution in [0.3, 0.4) is 0 Å². The van der Waals surface area contributed by atoms with Gasteiger partial charge in [0.25, 0.3) is 22.2 Å². The quantitative estimate of drug-likeness (QED) is 0.0458. The first-order chi connectivity index (χ1) is 55.1. The maximum absolute atomic E-state index is 13.5. The molecule has 0 amide bonds. The third-order valence-electron chi connectivity index (χ3n) is 21.2. The van der Waals surface area contributed by atoms with Gasteiger partial charge in [-0.1, -0.05) is 102 Å². The summed E-state index contributed by atoms with van der Waals surface area (Å²) in [4.78, 5) is 140. The third kappa shape index (κ3) is 18.3. The molecule has 8 aromatic carbocycles. The van der Waals surface area contributed by atoms with Gasteiger partial charge in [0.1, 0.15) is 5.82 Å². The monoisotopic (exact) mass is 1560 g/mol. The lowest BCUT2D eigenvalue weighted by molar-refractivity contribution is 0.592. The van der Waals surface area contributed by atoms with Crippen LogP contribution in [0.5, 0.6) is 0 Å². The Morgan fingerprint density at radius 2 is 0.617 bits per heavy atom. The molecule has 0 bridgehead atoms. The van der Waals surface area contributed by atoms with Crippen LogP contribution in [0.2, 0.25) is 5.02 Å². The Balaban J connectivity index is 0.000000134. The van der Waals surface area contributed by atoms with E-state index in [-0.39, 0.29) is 34.4 Å². The van der Waals surface area contributed by atoms with Crippen LogP contribution < -0.4 is 45.0 Å². The van der Waals surface area contributed by atoms with Crippen LogP contribution in [-0.2, 0) is 51.9 Å². The van der Waals surface area contributed by atoms with Gasteiger partial charge in [-0.2, -0.15) is 19.9 Å². The molecule has 0 aliphatic carbocycles. The highest BCUT2D eigenvalue weighted by atomic mass is 35.5. The van der Waals surface area contributed by atoms with E-state index in [4.69, 9.17) is 11.6 Å². The highest BCUT2D eigenvalue weighted by Crippen LogP contribution is 2.30. The Kier molecular flexibility index (Phi) is 24.1. The molecule has 0 atom stereocenters. The molecule has 24 nitrogen and oxygen atoms in total. The smallest absolute Gasteiger partial charge is 0.322 e. The lowest BCUT2D eigenvalue weighted by atomic mass is 10.1. The number of aromatic amines is 4. The van der Waals surface area contributed by atoms with E-state index in [1.807, 2.05) is 141 Å². The number of aryl methyl sites for hydroxylation is 19. The summed E-state index contributed by atoms with van der Waals surface area (Å²) in [5, 5.41) is 0.755. The summed E-state index contributed by atoms with van der Waals surface area (Å²) in [6.45, 7) is 24.4. The predicted molar refractivity (Wildman–Crippen MR) is 450 cm³/mol. The second-order valence-electron chi connectivity index (χ2n) is 29.7. The topological polar surface area (TPSA) is 323 Å². The number of aromatic nitrogens is 16. The van der Waals surface area contributed by atoms with E-state index < -0.39 is 45.0 Å². The van der Waals surface area contributed by atoms with Crippen molar-refractivity contribution in [2.24, 2.45) is 0 Å². The number of benzene rings is 8. The van der Waals surface area contributed by atoms with Gasteiger partial charge in [-0.15, -0.1) is 0 Å². The molecule has 0 spiro atoms. The van der Waals surface area contributed by atoms with Gasteiger partial charge in [-0.3, -0.25) is 39.1 Å². The van der Waals surface area contributed by atoms with Crippen molar-refractivity contribution in [1.82, 2.24) is 78.1 Å². The molecule has 8 heterocycles. The first-order valence-electron chi connectivity index (χ1n) is 38.4. The molecule has 8 aliphatic heterocycles. The number of nitrogens with one attached hydrogen (secondary N) is 4. The number of hydrogen-bond donors (Lipinski definition) is 4. The molecule has 8 aromatic rings. The van der Waals surface area contributed by atoms with Crippen molar-refractivity contribution in [2.75, 3.05) is 0 Å². The minimum Gasteiger partial charge on any atom is -0.322 e. The Bertz CT molecular complexity index is 6570. The second-order valence-corrected chi connectivity index (χ2v) is 30.1. The summed E-state index contributed by atoms with van der Waals surface area (Å²) >= 11 is 6.24. The predicted octanol–water partition coefficient (Wildman–Crippen LogP) is 13.8. The summed E-state index contributed by atoms with van der Waals surface area (Å²) in [5.41, 5.74) is 19.0. The molecule has 4 N–H and O–H groups in total. The number of halogens is 2. The van der Waals surface area contributed by atoms with Crippen LogP contribution in [0.1, 0.15) is 122 Å². The fourth-order valence-electron chi connectivity index (χ4n) is 14.4. The van der Waals surface area contributed by atoms with Gasteiger partial charge in [-0.25, -0.2) is 43.5 Å². The van der Waals surface area contributed by atoms with E-state index in [0.717, 1.165) is 164 Å². The molecule has 0 unspecified atom stereocenters. The van der Waals surface area contributed by atoms with Gasteiger partial charge >= 0.3 is 22.8 Å². The average molecular weight is 1560 g/mol. The lowest BCUT2D eigenvalue weighted by Gasteiger charge is -2.18. The normalized spacial score (nSPS) is 11.4. The first kappa shape index (κ1) is 80.2. The molecule has 586 valence electrons. The Morgan fingerprint density at radius 3 is 0.974 bits per heavy atom. The van der Waals surface area contributed by atoms with Crippen LogP contribution >= 0.6 is 11.6 Å². The summed E-state index contributed by atoms with van der Waals surface area (Å²) in [5.74, 6) is 1.08. The minimum atomic E-state index is -0.685. The zero-order valence-electron chi connectivity index (χ0n) is 66.1. The number of rotatable bonds is 18. The van der Waals surface area contributed by atoms with Crippen molar-refractivity contribution >= 4 is 55.7 Å². The van der Waals surface area contributed by atoms with E-state index >= 15 is 0 Å². The first-order valence-corrected chi connectivity index (χ1v) is 38.8. The minimum absolute atomic E-state index is 0.151. The lowest BCUT2D eigenvalue weighted by Crippen LogP contribution is -2.29. The molecule has 26 heteroatoms. The van der Waals surface area contributed by atoms with Gasteiger partial charge < -0.3 is 18.3 Å². The SMILES string of the molecule is Cc1cc2nc3c(=O)[nH]c(=O)nc-3n(CCCCCc3ccccc3)c2cc1C.Cc1cc2nc3c(=O)[nH]c(=O)nc-3n(CCCc3ccc(C)c(Cl)c3)c2cc1C.Cc1cc2nc3c(=O)[nH]c(=O)nc-3n(CCCc3ccc(F)c(C)c3)c2cc1C.Cc1cccc(CCCn2c3nc(=O)[nH]c(=O)c-3nc3cc(C)c(C)cc32)c1. The Hall–Kier alpha value is -12.9. The van der Waals surface area contributed by atoms with Gasteiger partial charge in [0.05, 0.1) is 44.1 Å². The molecular weight excluding hydrogens is 1480 g/mol. The number of unbranched alkanes of at least 4 members (excludes halogenated alkanes) is 2. The summed E-state index contributed by atoms with van der Waals surface area (Å²) < 4.78 is 21.2. The van der Waals surface area contributed by atoms with E-state index in [2.05, 4.69) is 133 Å². The Labute approximate surface area is 664 Å². The maximum Gasteiger partial charge on any atom is 0.349 e. The van der Waals surface area contributed by atoms with E-state index in [0.29, 0.717) is 60.2 Å². The summed E-state index contributed by atoms with van der Waals surface area (Å²) in [7, 11) is 0. The van der Waals surface area contributed by atoms with Crippen molar-refractivity contribution in [3.8, 4) is 46.1 Å². The molecule has 0 aromatic heterocycles. The second kappa shape index (κ2) is 34.6. The maximum atomic E-state index is 13.5. The molecule has 115 heavy (non-hydrogen) atoms. The fourth-order valence-corrected chi connectivity index (χ4v) is 14.6. The van der Waals surface area contributed by atoms with E-state index in [1.54, 1.807) is 13.0 Å². The van der Waals surface area contributed by atoms with Crippen LogP contribution in [0.15, 0.2) is 178 Å². The molecule has 0 saturated carbocycles. The number of fused-ring (bicyclic) bond motifs is 8. The Morgan fingerprint density at radius 1 is 0.296 bits per heavy atom. The third-order valence-corrected chi connectivity index (χ3v) is 21.6. The van der Waals surface area contributed by atoms with Gasteiger partial charge in [-0.05, 0) is 273 Å². The van der Waals surface area contributed by atoms with Crippen LogP contribution in [0.25, 0.3) is 90.2 Å². The zero-order chi connectivity index (χ0) is 81.6. The van der Waals surface area contributed by atoms with E-state index in [1.165, 1.54) is 22.8 Å². The van der Waals surface area contributed by atoms with Crippen molar-refractivity contribution in [3.05, 3.63) is 317 Å². The highest BCUT2D eigenvalue weighted by molar-refractivity contribution is 6.31. The van der Waals surface area contributed by atoms with Crippen LogP contribution in [0.4, 0.5) is 4.39 Å². The zero-order valence-corrected chi connectivity index (χ0v) is 66.8. The molecular formula is C89H88ClFN16O8. The number of H-pyrrole nitrogens is 4. The molecule has 0 radical (unpaired) electrons. The molecule has 8 aliphatic rings. The van der Waals surface area contributed by atoms with Crippen molar-refractivity contribution in [2.45, 2.75) is 167 Å². The van der Waals surface area contributed by atoms with Crippen molar-refractivity contribution < 1.29 is 4.39 Å². The molecule has 16 rings (SSSR count). The standard InChI is InChI=1S/C23H24N4O2.C22H21ClN4O2.C22H21FN4O2.C22H22N4O2/c1-15-13-18-19(14-16(15)2)27(21-20(24-18)22(28)26-23(29)25-21)12-8-4-7-11-17-9-5-3-6-10-17;1-12-6-7-15(11-16(12)23)5-4-8-27-18-10-14(3)13(2)9-17(18)24-19-20(27)25-22(29)26-21(19)28;1-12-10-17-18(11-13(12)2)27(20-19(24-17)21(28)26-22(29)25-20)8-4-5-15-6-7-16(23)14(3)9-15;1-13-6-4-7-16(10-13)8-5-9-26-18-12-15(3)14(2)11-17(18)23-19-20(26)24-22(28)25-21(19)27/h3,5-6,9-10,13-14H,4,7-8,11-12H2,1-2H3,(H,26,28,29);2*6-7,9-11H,4-5,8H2,1-3H3,(H,26,28,29);4,6-7,10-12H,5,8-9H2,1-3H3,(H,25,27,28). The van der Waals surface area contributed by atoms with E-state index in [9.17, 15) is 42.7 Å². The fraction of sp³-hybridized carbons (Fsp3) is 0.281. The average Bonchev–Trinajstić information content (AvgIpc) is 0.773. The van der Waals surface area contributed by atoms with Gasteiger partial charge in [0, 0.05) is 31.2 Å². The van der Waals surface area contributed by atoms with Crippen LogP contribution in [0, 0.1) is 82.0 Å². The van der Waals surface area contributed by atoms with Crippen LogP contribution in [-0.4, -0.2) is 78.1 Å². The highest BCUT2D eigenvalue weighted by Gasteiger charge is 2.25. The summed E-state index contributed by atoms with van der Waals surface area (Å²) in [6, 6.07) is 46.1. The molecule has 0 fully saturated rings. The number of nitrogens with zero attached hydrogens (tertiary/aromatic N) is 12. The summed E-state index contributed by atoms with van der Waals surface area (Å²) in [6.07, 6.45) is 8.96. The molecule has 0 saturated heterocycles. The van der Waals surface area contributed by atoms with Crippen molar-refractivity contribution in [3.63, 3.8) is 0 Å². The largest absolute Gasteiger partial charge is 0.349 e.